The minimum atomic E-state index is -3.93. The van der Waals surface area contributed by atoms with Crippen LogP contribution in [0.2, 0.25) is 10.3 Å². The van der Waals surface area contributed by atoms with Crippen molar-refractivity contribution in [2.24, 2.45) is 14.1 Å². The smallest absolute Gasteiger partial charge is 0.266 e. The number of aromatic nitrogens is 4. The number of nitrogen functional groups attached to an aromatic ring is 1. The van der Waals surface area contributed by atoms with E-state index in [1.54, 1.807) is 40.3 Å². The van der Waals surface area contributed by atoms with Gasteiger partial charge in [0.1, 0.15) is 31.6 Å². The minimum absolute atomic E-state index is 0.0301. The van der Waals surface area contributed by atoms with Gasteiger partial charge in [0.05, 0.1) is 37.0 Å². The highest BCUT2D eigenvalue weighted by Crippen LogP contribution is 2.34. The maximum absolute atomic E-state index is 12.9. The van der Waals surface area contributed by atoms with Crippen LogP contribution in [-0.2, 0) is 33.2 Å². The number of hydrogen-bond acceptors (Lipinski definition) is 9. The lowest BCUT2D eigenvalue weighted by atomic mass is 10.1. The van der Waals surface area contributed by atoms with Crippen molar-refractivity contribution in [3.63, 3.8) is 0 Å². The summed E-state index contributed by atoms with van der Waals surface area (Å²) in [5.41, 5.74) is 11.6. The number of hydrogen-bond donors (Lipinski definition) is 2. The molecular formula is C36H37Cl3N6O6S2. The number of nitrogens with two attached hydrogens (primary N) is 1. The van der Waals surface area contributed by atoms with Crippen molar-refractivity contribution >= 4 is 64.3 Å². The van der Waals surface area contributed by atoms with E-state index < -0.39 is 19.1 Å². The van der Waals surface area contributed by atoms with Crippen LogP contribution in [0, 0.1) is 13.8 Å². The first-order chi connectivity index (χ1) is 25.0. The summed E-state index contributed by atoms with van der Waals surface area (Å²) in [7, 11) is 3.63. The van der Waals surface area contributed by atoms with Gasteiger partial charge in [-0.1, -0.05) is 96.0 Å². The molecule has 3 N–H and O–H groups in total. The Kier molecular flexibility index (Phi) is 13.5. The second-order valence-corrected chi connectivity index (χ2v) is 16.1. The van der Waals surface area contributed by atoms with E-state index in [9.17, 15) is 16.8 Å². The van der Waals surface area contributed by atoms with E-state index >= 15 is 0 Å². The quantitative estimate of drug-likeness (QED) is 0.114. The van der Waals surface area contributed by atoms with Crippen LogP contribution in [0.15, 0.2) is 107 Å². The number of benzene rings is 4. The second kappa shape index (κ2) is 17.4. The van der Waals surface area contributed by atoms with E-state index in [-0.39, 0.29) is 20.1 Å². The Morgan fingerprint density at radius 1 is 0.642 bits per heavy atom. The maximum Gasteiger partial charge on any atom is 0.266 e. The highest BCUT2D eigenvalue weighted by Gasteiger charge is 2.26. The summed E-state index contributed by atoms with van der Waals surface area (Å²) < 4.78 is 63.1. The van der Waals surface area contributed by atoms with Gasteiger partial charge in [-0.3, -0.25) is 14.1 Å². The first-order valence-electron chi connectivity index (χ1n) is 15.6. The van der Waals surface area contributed by atoms with Gasteiger partial charge in [-0.25, -0.2) is 16.8 Å². The zero-order chi connectivity index (χ0) is 39.1. The molecule has 280 valence electrons. The zero-order valence-corrected chi connectivity index (χ0v) is 33.4. The Morgan fingerprint density at radius 3 is 1.45 bits per heavy atom. The summed E-state index contributed by atoms with van der Waals surface area (Å²) in [5.74, 6) is 1.13. The van der Waals surface area contributed by atoms with Gasteiger partial charge in [0.25, 0.3) is 19.1 Å². The lowest BCUT2D eigenvalue weighted by molar-refractivity contribution is 0.417. The molecule has 6 aromatic rings. The molecule has 0 aliphatic heterocycles. The van der Waals surface area contributed by atoms with Crippen LogP contribution in [0.25, 0.3) is 22.3 Å². The molecule has 53 heavy (non-hydrogen) atoms. The van der Waals surface area contributed by atoms with Gasteiger partial charge in [0.15, 0.2) is 0 Å². The average molecular weight is 820 g/mol. The highest BCUT2D eigenvalue weighted by atomic mass is 35.7. The van der Waals surface area contributed by atoms with E-state index in [0.29, 0.717) is 28.5 Å². The Labute approximate surface area is 323 Å². The molecule has 6 rings (SSSR count). The molecule has 0 amide bonds. The summed E-state index contributed by atoms with van der Waals surface area (Å²) in [6.45, 7) is 3.12. The lowest BCUT2D eigenvalue weighted by Gasteiger charge is -2.13. The Bertz CT molecular complexity index is 2420. The first-order valence-corrected chi connectivity index (χ1v) is 20.1. The fourth-order valence-electron chi connectivity index (χ4n) is 5.14. The fourth-order valence-corrected chi connectivity index (χ4v) is 8.83. The van der Waals surface area contributed by atoms with Crippen LogP contribution in [0.5, 0.6) is 11.5 Å². The first kappa shape index (κ1) is 41.0. The van der Waals surface area contributed by atoms with Crippen molar-refractivity contribution in [2.45, 2.75) is 23.6 Å². The molecule has 0 spiro atoms. The molecule has 0 aliphatic carbocycles. The van der Waals surface area contributed by atoms with Crippen molar-refractivity contribution in [2.75, 3.05) is 24.7 Å². The standard InChI is InChI=1S/C18H18ClN3O3S.C13H13NO.C5H6Cl2N2O2S/c1-12-17(18(19)22(2)20-12)26(23,24)21-15-11-14(9-10-16(15)25-3)13-7-5-4-6-8-13;1-15-13-8-7-11(9-12(13)14)10-5-3-2-4-6-10;1-3-4(12(7,10)11)5(6)9(2)8-3/h4-11,21H,1-3H3;2-9H,14H2,1H3;1-2H3. The van der Waals surface area contributed by atoms with Crippen LogP contribution in [0.3, 0.4) is 0 Å². The molecule has 17 heteroatoms. The van der Waals surface area contributed by atoms with Crippen molar-refractivity contribution in [3.05, 3.63) is 119 Å². The normalized spacial score (nSPS) is 11.1. The van der Waals surface area contributed by atoms with E-state index in [1.807, 2.05) is 72.8 Å². The number of nitrogens with zero attached hydrogens (tertiary/aromatic N) is 4. The largest absolute Gasteiger partial charge is 0.495 e. The van der Waals surface area contributed by atoms with Crippen LogP contribution in [-0.4, -0.2) is 50.6 Å². The summed E-state index contributed by atoms with van der Waals surface area (Å²) in [4.78, 5) is -0.165. The number of anilines is 2. The molecule has 4 aromatic carbocycles. The van der Waals surface area contributed by atoms with E-state index in [1.165, 1.54) is 23.4 Å². The number of nitrogens with one attached hydrogen (secondary N) is 1. The Balaban J connectivity index is 0.000000196. The molecule has 0 aliphatic rings. The minimum Gasteiger partial charge on any atom is -0.495 e. The molecule has 0 saturated heterocycles. The molecule has 0 fully saturated rings. The van der Waals surface area contributed by atoms with Crippen LogP contribution in [0.4, 0.5) is 11.4 Å². The van der Waals surface area contributed by atoms with E-state index in [2.05, 4.69) is 27.1 Å². The Morgan fingerprint density at radius 2 is 1.08 bits per heavy atom. The highest BCUT2D eigenvalue weighted by molar-refractivity contribution is 8.13. The van der Waals surface area contributed by atoms with Crippen molar-refractivity contribution in [3.8, 4) is 33.8 Å². The summed E-state index contributed by atoms with van der Waals surface area (Å²) >= 11 is 11.8. The molecule has 0 unspecified atom stereocenters. The van der Waals surface area contributed by atoms with Crippen LogP contribution < -0.4 is 19.9 Å². The van der Waals surface area contributed by atoms with E-state index in [4.69, 9.17) is 49.1 Å². The zero-order valence-electron chi connectivity index (χ0n) is 29.5. The number of sulfonamides is 1. The monoisotopic (exact) mass is 818 g/mol. The fraction of sp³-hybridized carbons (Fsp3) is 0.167. The molecule has 2 heterocycles. The second-order valence-electron chi connectivity index (χ2n) is 11.3. The number of methoxy groups -OCH3 is 2. The number of rotatable bonds is 8. The number of ether oxygens (including phenoxy) is 2. The third-order valence-electron chi connectivity index (χ3n) is 7.60. The number of halogens is 3. The maximum atomic E-state index is 12.9. The van der Waals surface area contributed by atoms with Crippen molar-refractivity contribution in [1.29, 1.82) is 0 Å². The molecule has 2 aromatic heterocycles. The summed E-state index contributed by atoms with van der Waals surface area (Å²) in [5, 5.41) is 7.94. The summed E-state index contributed by atoms with van der Waals surface area (Å²) in [6, 6.07) is 30.9. The van der Waals surface area contributed by atoms with Gasteiger partial charge in [0.2, 0.25) is 0 Å². The van der Waals surface area contributed by atoms with Crippen molar-refractivity contribution in [1.82, 2.24) is 19.6 Å². The van der Waals surface area contributed by atoms with Gasteiger partial charge >= 0.3 is 0 Å². The van der Waals surface area contributed by atoms with Crippen LogP contribution >= 0.6 is 33.9 Å². The molecule has 0 radical (unpaired) electrons. The number of aryl methyl sites for hydroxylation is 4. The lowest BCUT2D eigenvalue weighted by Crippen LogP contribution is -2.15. The van der Waals surface area contributed by atoms with Gasteiger partial charge in [-0.2, -0.15) is 10.2 Å². The van der Waals surface area contributed by atoms with E-state index in [0.717, 1.165) is 28.0 Å². The van der Waals surface area contributed by atoms with Gasteiger partial charge in [-0.15, -0.1) is 0 Å². The average Bonchev–Trinajstić information content (AvgIpc) is 3.55. The Hall–Kier alpha value is -4.73. The summed E-state index contributed by atoms with van der Waals surface area (Å²) in [6.07, 6.45) is 0. The predicted octanol–water partition coefficient (Wildman–Crippen LogP) is 8.11. The third-order valence-corrected chi connectivity index (χ3v) is 11.6. The predicted molar refractivity (Wildman–Crippen MR) is 211 cm³/mol. The van der Waals surface area contributed by atoms with Crippen LogP contribution in [0.1, 0.15) is 11.4 Å². The third kappa shape index (κ3) is 10.0. The van der Waals surface area contributed by atoms with Gasteiger partial charge in [0, 0.05) is 24.8 Å². The van der Waals surface area contributed by atoms with Gasteiger partial charge < -0.3 is 15.2 Å². The van der Waals surface area contributed by atoms with Crippen molar-refractivity contribution < 1.29 is 26.3 Å². The molecule has 0 saturated carbocycles. The van der Waals surface area contributed by atoms with Gasteiger partial charge in [-0.05, 0) is 60.4 Å². The molecule has 0 bridgehead atoms. The molecule has 0 atom stereocenters. The SMILES string of the molecule is COc1ccc(-c2ccccc2)cc1N.COc1ccc(-c2ccccc2)cc1NS(=O)(=O)c1c(C)nn(C)c1Cl.Cc1nn(C)c(Cl)c1S(=O)(=O)Cl. The molecule has 12 nitrogen and oxygen atoms in total. The topological polar surface area (TPSA) is 160 Å². The molecular weight excluding hydrogens is 783 g/mol.